The molecule has 1 aliphatic heterocycles. The Bertz CT molecular complexity index is 1060. The van der Waals surface area contributed by atoms with Crippen molar-refractivity contribution in [2.75, 3.05) is 13.2 Å². The van der Waals surface area contributed by atoms with Crippen molar-refractivity contribution >= 4 is 16.8 Å². The number of ether oxygens (including phenoxy) is 1. The summed E-state index contributed by atoms with van der Waals surface area (Å²) < 4.78 is 8.08. The predicted octanol–water partition coefficient (Wildman–Crippen LogP) is 5.34. The summed E-state index contributed by atoms with van der Waals surface area (Å²) in [5.41, 5.74) is 4.26. The van der Waals surface area contributed by atoms with Crippen molar-refractivity contribution in [3.63, 3.8) is 0 Å². The lowest BCUT2D eigenvalue weighted by Crippen LogP contribution is -2.36. The summed E-state index contributed by atoms with van der Waals surface area (Å²) in [5, 5.41) is 1.23. The second kappa shape index (κ2) is 8.17. The normalized spacial score (nSPS) is 16.4. The largest absolute Gasteiger partial charge is 0.492 e. The second-order valence-corrected chi connectivity index (χ2v) is 8.84. The molecule has 2 heterocycles. The molecule has 30 heavy (non-hydrogen) atoms. The number of nitrogens with zero attached hydrogens (tertiary/aromatic N) is 2. The topological polar surface area (TPSA) is 34.5 Å². The first-order valence-corrected chi connectivity index (χ1v) is 11.3. The summed E-state index contributed by atoms with van der Waals surface area (Å²) in [7, 11) is 2.10. The van der Waals surface area contributed by atoms with Gasteiger partial charge in [-0.1, -0.05) is 49.6 Å². The number of hydrogen-bond donors (Lipinski definition) is 0. The number of benzene rings is 2. The van der Waals surface area contributed by atoms with Gasteiger partial charge in [0.1, 0.15) is 5.75 Å². The number of hydrogen-bond acceptors (Lipinski definition) is 2. The third-order valence-electron chi connectivity index (χ3n) is 6.84. The van der Waals surface area contributed by atoms with Crippen molar-refractivity contribution in [3.05, 3.63) is 65.4 Å². The van der Waals surface area contributed by atoms with Crippen molar-refractivity contribution in [2.24, 2.45) is 13.0 Å². The highest BCUT2D eigenvalue weighted by Crippen LogP contribution is 2.32. The Morgan fingerprint density at radius 1 is 1.10 bits per heavy atom. The van der Waals surface area contributed by atoms with Gasteiger partial charge in [-0.25, -0.2) is 0 Å². The zero-order valence-corrected chi connectivity index (χ0v) is 17.8. The quantitative estimate of drug-likeness (QED) is 0.578. The number of aryl methyl sites for hydroxylation is 1. The van der Waals surface area contributed by atoms with E-state index in [0.29, 0.717) is 19.1 Å². The van der Waals surface area contributed by atoms with E-state index in [0.717, 1.165) is 29.8 Å². The SMILES string of the molecule is Cn1c(CN(CC2CCCCC2)C(=O)c2cccc3c2OCC3)cc2ccccc21. The molecule has 156 valence electrons. The fourth-order valence-electron chi connectivity index (χ4n) is 5.15. The Morgan fingerprint density at radius 2 is 1.93 bits per heavy atom. The van der Waals surface area contributed by atoms with E-state index in [1.165, 1.54) is 48.7 Å². The lowest BCUT2D eigenvalue weighted by Gasteiger charge is -2.30. The summed E-state index contributed by atoms with van der Waals surface area (Å²) >= 11 is 0. The molecule has 0 spiro atoms. The van der Waals surface area contributed by atoms with Crippen molar-refractivity contribution in [1.82, 2.24) is 9.47 Å². The lowest BCUT2D eigenvalue weighted by atomic mass is 9.88. The Hall–Kier alpha value is -2.75. The summed E-state index contributed by atoms with van der Waals surface area (Å²) in [6, 6.07) is 16.7. The van der Waals surface area contributed by atoms with Gasteiger partial charge >= 0.3 is 0 Å². The highest BCUT2D eigenvalue weighted by molar-refractivity contribution is 5.97. The summed E-state index contributed by atoms with van der Waals surface area (Å²) in [5.74, 6) is 1.49. The first-order chi connectivity index (χ1) is 14.7. The van der Waals surface area contributed by atoms with Gasteiger partial charge in [0.2, 0.25) is 0 Å². The maximum atomic E-state index is 13.7. The summed E-state index contributed by atoms with van der Waals surface area (Å²) in [6.07, 6.45) is 7.23. The van der Waals surface area contributed by atoms with E-state index >= 15 is 0 Å². The molecule has 0 bridgehead atoms. The number of amides is 1. The fourth-order valence-corrected chi connectivity index (χ4v) is 5.15. The molecule has 1 aromatic heterocycles. The van der Waals surface area contributed by atoms with E-state index in [9.17, 15) is 4.79 Å². The monoisotopic (exact) mass is 402 g/mol. The van der Waals surface area contributed by atoms with Gasteiger partial charge in [-0.2, -0.15) is 0 Å². The van der Waals surface area contributed by atoms with Crippen LogP contribution < -0.4 is 4.74 Å². The first kappa shape index (κ1) is 19.2. The molecular formula is C26H30N2O2. The molecular weight excluding hydrogens is 372 g/mol. The minimum absolute atomic E-state index is 0.101. The molecule has 0 N–H and O–H groups in total. The van der Waals surface area contributed by atoms with Crippen LogP contribution in [0.5, 0.6) is 5.75 Å². The van der Waals surface area contributed by atoms with E-state index in [1.54, 1.807) is 0 Å². The Balaban J connectivity index is 1.47. The molecule has 1 fully saturated rings. The van der Waals surface area contributed by atoms with Crippen molar-refractivity contribution in [3.8, 4) is 5.75 Å². The van der Waals surface area contributed by atoms with Crippen LogP contribution in [0.3, 0.4) is 0 Å². The van der Waals surface area contributed by atoms with Crippen LogP contribution in [0.15, 0.2) is 48.5 Å². The zero-order chi connectivity index (χ0) is 20.5. The first-order valence-electron chi connectivity index (χ1n) is 11.3. The van der Waals surface area contributed by atoms with Gasteiger partial charge in [-0.3, -0.25) is 4.79 Å². The van der Waals surface area contributed by atoms with Gasteiger partial charge in [-0.05, 0) is 47.9 Å². The molecule has 1 aliphatic carbocycles. The molecule has 2 aromatic carbocycles. The fraction of sp³-hybridized carbons (Fsp3) is 0.423. The molecule has 0 radical (unpaired) electrons. The molecule has 4 nitrogen and oxygen atoms in total. The number of fused-ring (bicyclic) bond motifs is 2. The van der Waals surface area contributed by atoms with E-state index in [-0.39, 0.29) is 5.91 Å². The van der Waals surface area contributed by atoms with Crippen molar-refractivity contribution < 1.29 is 9.53 Å². The van der Waals surface area contributed by atoms with E-state index in [2.05, 4.69) is 52.9 Å². The van der Waals surface area contributed by atoms with Gasteiger partial charge in [0, 0.05) is 31.2 Å². The Labute approximate surface area is 178 Å². The number of aromatic nitrogens is 1. The van der Waals surface area contributed by atoms with E-state index in [4.69, 9.17) is 4.74 Å². The van der Waals surface area contributed by atoms with Crippen LogP contribution in [0, 0.1) is 5.92 Å². The highest BCUT2D eigenvalue weighted by atomic mass is 16.5. The van der Waals surface area contributed by atoms with Crippen LogP contribution in [-0.4, -0.2) is 28.5 Å². The molecule has 5 rings (SSSR count). The highest BCUT2D eigenvalue weighted by Gasteiger charge is 2.27. The molecule has 1 amide bonds. The van der Waals surface area contributed by atoms with E-state index in [1.807, 2.05) is 12.1 Å². The molecule has 4 heteroatoms. The molecule has 0 atom stereocenters. The minimum Gasteiger partial charge on any atom is -0.492 e. The molecule has 1 saturated carbocycles. The van der Waals surface area contributed by atoms with Crippen molar-refractivity contribution in [2.45, 2.75) is 45.1 Å². The van der Waals surface area contributed by atoms with Gasteiger partial charge in [0.25, 0.3) is 5.91 Å². The van der Waals surface area contributed by atoms with Crippen LogP contribution in [0.25, 0.3) is 10.9 Å². The third kappa shape index (κ3) is 3.60. The van der Waals surface area contributed by atoms with Gasteiger partial charge in [0.05, 0.1) is 18.7 Å². The zero-order valence-electron chi connectivity index (χ0n) is 17.8. The number of para-hydroxylation sites is 2. The standard InChI is InChI=1S/C26H30N2O2/c1-27-22(16-21-10-5-6-13-24(21)27)18-28(17-19-8-3-2-4-9-19)26(29)23-12-7-11-20-14-15-30-25(20)23/h5-7,10-13,16,19H,2-4,8-9,14-15,17-18H2,1H3. The summed E-state index contributed by atoms with van der Waals surface area (Å²) in [6.45, 7) is 2.12. The van der Waals surface area contributed by atoms with Crippen LogP contribution in [-0.2, 0) is 20.0 Å². The molecule has 3 aromatic rings. The second-order valence-electron chi connectivity index (χ2n) is 8.84. The van der Waals surface area contributed by atoms with Gasteiger partial charge < -0.3 is 14.2 Å². The number of carbonyl (C=O) groups is 1. The average Bonchev–Trinajstić information content (AvgIpc) is 3.38. The van der Waals surface area contributed by atoms with Gasteiger partial charge in [0.15, 0.2) is 0 Å². The Morgan fingerprint density at radius 3 is 2.77 bits per heavy atom. The lowest BCUT2D eigenvalue weighted by molar-refractivity contribution is 0.0692. The Kier molecular flexibility index (Phi) is 5.24. The minimum atomic E-state index is 0.101. The molecule has 0 saturated heterocycles. The van der Waals surface area contributed by atoms with Crippen LogP contribution in [0.1, 0.15) is 53.7 Å². The van der Waals surface area contributed by atoms with E-state index < -0.39 is 0 Å². The average molecular weight is 403 g/mol. The van der Waals surface area contributed by atoms with Gasteiger partial charge in [-0.15, -0.1) is 0 Å². The smallest absolute Gasteiger partial charge is 0.257 e. The molecule has 2 aliphatic rings. The summed E-state index contributed by atoms with van der Waals surface area (Å²) in [4.78, 5) is 15.8. The third-order valence-corrected chi connectivity index (χ3v) is 6.84. The number of rotatable bonds is 5. The maximum absolute atomic E-state index is 13.7. The van der Waals surface area contributed by atoms with Crippen LogP contribution >= 0.6 is 0 Å². The van der Waals surface area contributed by atoms with Crippen molar-refractivity contribution in [1.29, 1.82) is 0 Å². The van der Waals surface area contributed by atoms with Crippen LogP contribution in [0.4, 0.5) is 0 Å². The maximum Gasteiger partial charge on any atom is 0.257 e. The predicted molar refractivity (Wildman–Crippen MR) is 120 cm³/mol. The molecule has 0 unspecified atom stereocenters. The number of carbonyl (C=O) groups excluding carboxylic acids is 1. The van der Waals surface area contributed by atoms with Crippen LogP contribution in [0.2, 0.25) is 0 Å².